The van der Waals surface area contributed by atoms with E-state index in [2.05, 4.69) is 25.2 Å². The molecular formula is C18H20N6O4. The van der Waals surface area contributed by atoms with Crippen LogP contribution in [0.1, 0.15) is 17.3 Å². The topological polar surface area (TPSA) is 125 Å². The summed E-state index contributed by atoms with van der Waals surface area (Å²) in [5.41, 5.74) is 0.533. The summed E-state index contributed by atoms with van der Waals surface area (Å²) in [6.07, 6.45) is 0. The molecule has 3 aromatic rings. The zero-order valence-corrected chi connectivity index (χ0v) is 15.3. The van der Waals surface area contributed by atoms with E-state index in [0.717, 1.165) is 32.1 Å². The summed E-state index contributed by atoms with van der Waals surface area (Å²) in [5.74, 6) is 0.0646. The maximum atomic E-state index is 12.7. The highest BCUT2D eigenvalue weighted by molar-refractivity contribution is 5.87. The van der Waals surface area contributed by atoms with E-state index in [1.54, 1.807) is 0 Å². The molecule has 0 amide bonds. The first kappa shape index (κ1) is 18.0. The summed E-state index contributed by atoms with van der Waals surface area (Å²) >= 11 is 0. The van der Waals surface area contributed by atoms with Crippen LogP contribution in [0, 0.1) is 0 Å². The molecule has 4 rings (SSSR count). The van der Waals surface area contributed by atoms with Gasteiger partial charge in [-0.25, -0.2) is 4.79 Å². The molecule has 0 saturated carbocycles. The molecule has 1 aliphatic heterocycles. The van der Waals surface area contributed by atoms with E-state index in [1.165, 1.54) is 24.3 Å². The molecule has 1 aromatic carbocycles. The highest BCUT2D eigenvalue weighted by Gasteiger charge is 2.21. The second kappa shape index (κ2) is 7.31. The van der Waals surface area contributed by atoms with E-state index in [9.17, 15) is 9.59 Å². The van der Waals surface area contributed by atoms with Gasteiger partial charge in [0.15, 0.2) is 11.2 Å². The SMILES string of the molecule is CCn1c(N2CCNCC2)nc2nc(Oc3ccc(C(=O)O)cc3)[nH]c(=O)c21. The Morgan fingerprint density at radius 2 is 1.93 bits per heavy atom. The molecule has 1 aliphatic rings. The highest BCUT2D eigenvalue weighted by atomic mass is 16.5. The van der Waals surface area contributed by atoms with Crippen molar-refractivity contribution >= 4 is 23.1 Å². The molecule has 0 unspecified atom stereocenters. The Kier molecular flexibility index (Phi) is 4.70. The lowest BCUT2D eigenvalue weighted by Crippen LogP contribution is -2.44. The molecular weight excluding hydrogens is 364 g/mol. The number of imidazole rings is 1. The maximum absolute atomic E-state index is 12.7. The minimum atomic E-state index is -1.02. The molecule has 1 saturated heterocycles. The number of aromatic carboxylic acids is 1. The molecule has 1 fully saturated rings. The molecule has 0 bridgehead atoms. The highest BCUT2D eigenvalue weighted by Crippen LogP contribution is 2.23. The number of hydrogen-bond donors (Lipinski definition) is 3. The van der Waals surface area contributed by atoms with Crippen LogP contribution in [0.3, 0.4) is 0 Å². The number of aryl methyl sites for hydroxylation is 1. The van der Waals surface area contributed by atoms with Crippen LogP contribution in [-0.2, 0) is 6.54 Å². The molecule has 3 N–H and O–H groups in total. The number of carboxylic acid groups (broad SMARTS) is 1. The van der Waals surface area contributed by atoms with E-state index >= 15 is 0 Å². The quantitative estimate of drug-likeness (QED) is 0.596. The number of H-pyrrole nitrogens is 1. The smallest absolute Gasteiger partial charge is 0.335 e. The van der Waals surface area contributed by atoms with Crippen LogP contribution in [0.25, 0.3) is 11.2 Å². The third kappa shape index (κ3) is 3.29. The molecule has 0 aliphatic carbocycles. The van der Waals surface area contributed by atoms with Crippen LogP contribution >= 0.6 is 0 Å². The number of nitrogens with zero attached hydrogens (tertiary/aromatic N) is 4. The first-order chi connectivity index (χ1) is 13.6. The number of carboxylic acids is 1. The number of carbonyl (C=O) groups is 1. The number of rotatable bonds is 5. The zero-order valence-electron chi connectivity index (χ0n) is 15.3. The van der Waals surface area contributed by atoms with E-state index in [0.29, 0.717) is 23.5 Å². The van der Waals surface area contributed by atoms with E-state index in [1.807, 2.05) is 11.5 Å². The van der Waals surface area contributed by atoms with Gasteiger partial charge in [0.2, 0.25) is 5.95 Å². The lowest BCUT2D eigenvalue weighted by molar-refractivity contribution is 0.0697. The maximum Gasteiger partial charge on any atom is 0.335 e. The normalized spacial score (nSPS) is 14.4. The number of nitrogens with one attached hydrogen (secondary N) is 2. The number of ether oxygens (including phenoxy) is 1. The predicted octanol–water partition coefficient (Wildman–Crippen LogP) is 1.04. The fourth-order valence-electron chi connectivity index (χ4n) is 3.24. The number of aromatic nitrogens is 4. The second-order valence-corrected chi connectivity index (χ2v) is 6.37. The van der Waals surface area contributed by atoms with Crippen LogP contribution < -0.4 is 20.5 Å². The van der Waals surface area contributed by atoms with Crippen LogP contribution in [0.4, 0.5) is 5.95 Å². The monoisotopic (exact) mass is 384 g/mol. The Morgan fingerprint density at radius 3 is 2.57 bits per heavy atom. The number of fused-ring (bicyclic) bond motifs is 1. The van der Waals surface area contributed by atoms with Crippen molar-refractivity contribution < 1.29 is 14.6 Å². The van der Waals surface area contributed by atoms with Crippen LogP contribution in [0.15, 0.2) is 29.1 Å². The van der Waals surface area contributed by atoms with Crippen molar-refractivity contribution in [3.05, 3.63) is 40.2 Å². The lowest BCUT2D eigenvalue weighted by atomic mass is 10.2. The molecule has 0 spiro atoms. The van der Waals surface area contributed by atoms with Gasteiger partial charge in [0.25, 0.3) is 5.56 Å². The second-order valence-electron chi connectivity index (χ2n) is 6.37. The lowest BCUT2D eigenvalue weighted by Gasteiger charge is -2.28. The van der Waals surface area contributed by atoms with Crippen molar-refractivity contribution in [1.82, 2.24) is 24.8 Å². The Hall–Kier alpha value is -3.40. The Morgan fingerprint density at radius 1 is 1.21 bits per heavy atom. The standard InChI is InChI=1S/C18H20N6O4/c1-2-24-13-14(21-18(24)23-9-7-19-8-10-23)20-17(22-15(13)25)28-12-5-3-11(4-6-12)16(26)27/h3-6,19H,2,7-10H2,1H3,(H,26,27)(H,20,22,25). The van der Waals surface area contributed by atoms with Gasteiger partial charge in [-0.1, -0.05) is 0 Å². The average Bonchev–Trinajstić information content (AvgIpc) is 3.08. The third-order valence-corrected chi connectivity index (χ3v) is 4.60. The summed E-state index contributed by atoms with van der Waals surface area (Å²) in [7, 11) is 0. The van der Waals surface area contributed by atoms with E-state index in [4.69, 9.17) is 9.84 Å². The van der Waals surface area contributed by atoms with Crippen molar-refractivity contribution in [2.45, 2.75) is 13.5 Å². The Bertz CT molecular complexity index is 1070. The average molecular weight is 384 g/mol. The minimum absolute atomic E-state index is 0.00758. The van der Waals surface area contributed by atoms with Gasteiger partial charge in [0, 0.05) is 32.7 Å². The van der Waals surface area contributed by atoms with Crippen LogP contribution in [0.5, 0.6) is 11.8 Å². The molecule has 0 atom stereocenters. The van der Waals surface area contributed by atoms with Crippen molar-refractivity contribution in [3.8, 4) is 11.8 Å². The van der Waals surface area contributed by atoms with Gasteiger partial charge in [0.05, 0.1) is 5.56 Å². The first-order valence-corrected chi connectivity index (χ1v) is 9.04. The summed E-state index contributed by atoms with van der Waals surface area (Å²) in [6, 6.07) is 5.85. The zero-order chi connectivity index (χ0) is 19.7. The van der Waals surface area contributed by atoms with Crippen molar-refractivity contribution in [2.75, 3.05) is 31.1 Å². The number of anilines is 1. The van der Waals surface area contributed by atoms with Crippen molar-refractivity contribution in [3.63, 3.8) is 0 Å². The fourth-order valence-corrected chi connectivity index (χ4v) is 3.24. The van der Waals surface area contributed by atoms with E-state index < -0.39 is 5.97 Å². The van der Waals surface area contributed by atoms with Gasteiger partial charge in [-0.3, -0.25) is 9.78 Å². The summed E-state index contributed by atoms with van der Waals surface area (Å²) < 4.78 is 7.46. The summed E-state index contributed by atoms with van der Waals surface area (Å²) in [4.78, 5) is 37.3. The molecule has 28 heavy (non-hydrogen) atoms. The number of aromatic amines is 1. The molecule has 0 radical (unpaired) electrons. The van der Waals surface area contributed by atoms with Crippen molar-refractivity contribution in [2.24, 2.45) is 0 Å². The molecule has 146 valence electrons. The van der Waals surface area contributed by atoms with E-state index in [-0.39, 0.29) is 17.1 Å². The minimum Gasteiger partial charge on any atom is -0.478 e. The van der Waals surface area contributed by atoms with Gasteiger partial charge in [0.1, 0.15) is 5.75 Å². The predicted molar refractivity (Wildman–Crippen MR) is 102 cm³/mol. The molecule has 2 aromatic heterocycles. The van der Waals surface area contributed by atoms with Gasteiger partial charge < -0.3 is 24.6 Å². The van der Waals surface area contributed by atoms with Gasteiger partial charge in [-0.2, -0.15) is 9.97 Å². The fraction of sp³-hybridized carbons (Fsp3) is 0.333. The largest absolute Gasteiger partial charge is 0.478 e. The molecule has 10 nitrogen and oxygen atoms in total. The number of benzene rings is 1. The Balaban J connectivity index is 1.69. The van der Waals surface area contributed by atoms with Crippen LogP contribution in [-0.4, -0.2) is 56.8 Å². The Labute approximate surface area is 159 Å². The number of piperazine rings is 1. The summed E-state index contributed by atoms with van der Waals surface area (Å²) in [6.45, 7) is 5.88. The number of hydrogen-bond acceptors (Lipinski definition) is 7. The van der Waals surface area contributed by atoms with Gasteiger partial charge in [-0.15, -0.1) is 0 Å². The summed E-state index contributed by atoms with van der Waals surface area (Å²) in [5, 5.41) is 12.3. The van der Waals surface area contributed by atoms with Crippen molar-refractivity contribution in [1.29, 1.82) is 0 Å². The molecule has 10 heteroatoms. The van der Waals surface area contributed by atoms with Crippen LogP contribution in [0.2, 0.25) is 0 Å². The molecule has 3 heterocycles. The van der Waals surface area contributed by atoms with Gasteiger partial charge >= 0.3 is 12.0 Å². The third-order valence-electron chi connectivity index (χ3n) is 4.60. The van der Waals surface area contributed by atoms with Gasteiger partial charge in [-0.05, 0) is 31.2 Å². The first-order valence-electron chi connectivity index (χ1n) is 9.04.